The molecule has 1 aromatic heterocycles. The van der Waals surface area contributed by atoms with Crippen LogP contribution in [-0.2, 0) is 9.53 Å². The maximum absolute atomic E-state index is 13.2. The number of carboxylic acids is 1. The molecule has 1 amide bonds. The summed E-state index contributed by atoms with van der Waals surface area (Å²) in [6, 6.07) is 1.37. The van der Waals surface area contributed by atoms with Gasteiger partial charge in [-0.1, -0.05) is 11.6 Å². The minimum Gasteiger partial charge on any atom is -0.496 e. The largest absolute Gasteiger partial charge is 0.496 e. The van der Waals surface area contributed by atoms with E-state index in [2.05, 4.69) is 0 Å². The van der Waals surface area contributed by atoms with Crippen LogP contribution in [-0.4, -0.2) is 41.6 Å². The van der Waals surface area contributed by atoms with Crippen LogP contribution in [0.4, 0.5) is 0 Å². The van der Waals surface area contributed by atoms with Crippen molar-refractivity contribution in [3.63, 3.8) is 0 Å². The number of fused-ring (bicyclic) bond motifs is 1. The molecule has 0 saturated heterocycles. The zero-order valence-corrected chi connectivity index (χ0v) is 16.8. The number of halogens is 1. The van der Waals surface area contributed by atoms with Gasteiger partial charge in [0.1, 0.15) is 5.76 Å². The number of ether oxygens (including phenoxy) is 2. The minimum absolute atomic E-state index is 0.198. The Hall–Kier alpha value is -2.25. The monoisotopic (exact) mass is 409 g/mol. The van der Waals surface area contributed by atoms with Crippen LogP contribution in [0.5, 0.6) is 5.06 Å². The summed E-state index contributed by atoms with van der Waals surface area (Å²) in [5, 5.41) is 12.1. The van der Waals surface area contributed by atoms with Crippen molar-refractivity contribution >= 4 is 34.8 Å². The van der Waals surface area contributed by atoms with Crippen LogP contribution < -0.4 is 4.74 Å². The standard InChI is InChI=1S/C19H20ClNO5S/c1-4-26-16-7-11(9-27-16)19(24)21-10(2)12(8-15(22)23)17-13(21)5-6-14(25-3)18(17)20/h6-7,9,13H,4-5,8H2,1-3H3,(H,22,23). The van der Waals surface area contributed by atoms with E-state index in [1.807, 2.05) is 13.0 Å². The smallest absolute Gasteiger partial charge is 0.307 e. The van der Waals surface area contributed by atoms with Gasteiger partial charge in [0.15, 0.2) is 5.06 Å². The molecule has 27 heavy (non-hydrogen) atoms. The van der Waals surface area contributed by atoms with E-state index in [0.717, 1.165) is 0 Å². The van der Waals surface area contributed by atoms with Crippen LogP contribution in [0.1, 0.15) is 37.0 Å². The first-order valence-electron chi connectivity index (χ1n) is 8.50. The summed E-state index contributed by atoms with van der Waals surface area (Å²) in [4.78, 5) is 26.2. The lowest BCUT2D eigenvalue weighted by molar-refractivity contribution is -0.136. The molecule has 8 heteroatoms. The van der Waals surface area contributed by atoms with E-state index >= 15 is 0 Å². The molecule has 0 spiro atoms. The molecular weight excluding hydrogens is 390 g/mol. The van der Waals surface area contributed by atoms with Gasteiger partial charge in [-0.05, 0) is 31.9 Å². The zero-order chi connectivity index (χ0) is 19.7. The molecule has 1 atom stereocenters. The van der Waals surface area contributed by atoms with Gasteiger partial charge in [-0.15, -0.1) is 11.3 Å². The molecule has 1 N–H and O–H groups in total. The summed E-state index contributed by atoms with van der Waals surface area (Å²) in [6.07, 6.45) is 2.12. The van der Waals surface area contributed by atoms with E-state index in [-0.39, 0.29) is 18.4 Å². The van der Waals surface area contributed by atoms with Crippen molar-refractivity contribution in [1.82, 2.24) is 4.90 Å². The number of aliphatic carboxylic acids is 1. The van der Waals surface area contributed by atoms with Crippen molar-refractivity contribution in [3.05, 3.63) is 50.7 Å². The van der Waals surface area contributed by atoms with Crippen LogP contribution in [0, 0.1) is 0 Å². The molecule has 1 aromatic rings. The summed E-state index contributed by atoms with van der Waals surface area (Å²) in [6.45, 7) is 4.16. The highest BCUT2D eigenvalue weighted by Crippen LogP contribution is 2.45. The first kappa shape index (κ1) is 19.5. The summed E-state index contributed by atoms with van der Waals surface area (Å²) in [5.74, 6) is -0.671. The number of methoxy groups -OCH3 is 1. The maximum Gasteiger partial charge on any atom is 0.307 e. The number of amides is 1. The van der Waals surface area contributed by atoms with Gasteiger partial charge in [-0.3, -0.25) is 9.59 Å². The summed E-state index contributed by atoms with van der Waals surface area (Å²) in [5.41, 5.74) is 2.34. The molecule has 0 saturated carbocycles. The molecule has 0 aromatic carbocycles. The topological polar surface area (TPSA) is 76.1 Å². The number of carboxylic acid groups (broad SMARTS) is 1. The average Bonchev–Trinajstić information content (AvgIpc) is 3.19. The van der Waals surface area contributed by atoms with E-state index in [1.54, 1.807) is 23.3 Å². The van der Waals surface area contributed by atoms with Crippen molar-refractivity contribution in [1.29, 1.82) is 0 Å². The van der Waals surface area contributed by atoms with Crippen LogP contribution in [0.2, 0.25) is 0 Å². The Morgan fingerprint density at radius 3 is 2.81 bits per heavy atom. The van der Waals surface area contributed by atoms with Crippen molar-refractivity contribution in [2.45, 2.75) is 32.7 Å². The van der Waals surface area contributed by atoms with Gasteiger partial charge < -0.3 is 19.5 Å². The molecule has 1 aliphatic heterocycles. The van der Waals surface area contributed by atoms with Gasteiger partial charge in [0.25, 0.3) is 5.91 Å². The molecule has 0 bridgehead atoms. The minimum atomic E-state index is -0.975. The third-order valence-electron chi connectivity index (χ3n) is 4.62. The van der Waals surface area contributed by atoms with E-state index in [4.69, 9.17) is 21.1 Å². The van der Waals surface area contributed by atoms with Crippen molar-refractivity contribution in [3.8, 4) is 5.06 Å². The molecule has 0 fully saturated rings. The number of hydrogen-bond acceptors (Lipinski definition) is 5. The van der Waals surface area contributed by atoms with E-state index in [0.29, 0.717) is 51.3 Å². The summed E-state index contributed by atoms with van der Waals surface area (Å²) < 4.78 is 10.7. The van der Waals surface area contributed by atoms with Gasteiger partial charge in [0.2, 0.25) is 0 Å². The SMILES string of the molecule is CCOc1cc(C(=O)N2C(C)=C(CC(=O)O)C3=C(Cl)C(OC)=CCC32)cs1. The van der Waals surface area contributed by atoms with Crippen LogP contribution in [0.3, 0.4) is 0 Å². The second-order valence-electron chi connectivity index (χ2n) is 6.15. The number of carbonyl (C=O) groups is 2. The predicted molar refractivity (Wildman–Crippen MR) is 103 cm³/mol. The summed E-state index contributed by atoms with van der Waals surface area (Å²) >= 11 is 7.85. The first-order chi connectivity index (χ1) is 12.9. The third-order valence-corrected chi connectivity index (χ3v) is 5.85. The fraction of sp³-hybridized carbons (Fsp3) is 0.368. The Kier molecular flexibility index (Phi) is 5.62. The lowest BCUT2D eigenvalue weighted by Gasteiger charge is -2.29. The van der Waals surface area contributed by atoms with E-state index < -0.39 is 5.97 Å². The summed E-state index contributed by atoms with van der Waals surface area (Å²) in [7, 11) is 1.51. The van der Waals surface area contributed by atoms with Crippen LogP contribution in [0.15, 0.2) is 45.2 Å². The van der Waals surface area contributed by atoms with Gasteiger partial charge in [-0.25, -0.2) is 0 Å². The quantitative estimate of drug-likeness (QED) is 0.763. The van der Waals surface area contributed by atoms with E-state index in [9.17, 15) is 14.7 Å². The fourth-order valence-electron chi connectivity index (χ4n) is 3.47. The Morgan fingerprint density at radius 1 is 1.44 bits per heavy atom. The first-order valence-corrected chi connectivity index (χ1v) is 9.75. The van der Waals surface area contributed by atoms with Crippen molar-refractivity contribution in [2.75, 3.05) is 13.7 Å². The molecule has 0 radical (unpaired) electrons. The Morgan fingerprint density at radius 2 is 2.19 bits per heavy atom. The third kappa shape index (κ3) is 3.49. The van der Waals surface area contributed by atoms with Crippen molar-refractivity contribution in [2.24, 2.45) is 0 Å². The van der Waals surface area contributed by atoms with Gasteiger partial charge in [0, 0.05) is 22.7 Å². The van der Waals surface area contributed by atoms with Crippen molar-refractivity contribution < 1.29 is 24.2 Å². The second kappa shape index (κ2) is 7.78. The van der Waals surface area contributed by atoms with Gasteiger partial charge in [-0.2, -0.15) is 0 Å². The number of carbonyl (C=O) groups excluding carboxylic acids is 1. The Balaban J connectivity index is 2.03. The average molecular weight is 410 g/mol. The molecule has 144 valence electrons. The number of allylic oxidation sites excluding steroid dienone is 2. The predicted octanol–water partition coefficient (Wildman–Crippen LogP) is 4.15. The van der Waals surface area contributed by atoms with Crippen LogP contribution in [0.25, 0.3) is 0 Å². The highest BCUT2D eigenvalue weighted by molar-refractivity contribution is 7.12. The Bertz CT molecular complexity index is 882. The lowest BCUT2D eigenvalue weighted by atomic mass is 9.92. The van der Waals surface area contributed by atoms with Gasteiger partial charge >= 0.3 is 5.97 Å². The number of thiophene rings is 1. The lowest BCUT2D eigenvalue weighted by Crippen LogP contribution is -2.36. The molecule has 1 aliphatic carbocycles. The number of hydrogen-bond donors (Lipinski definition) is 1. The maximum atomic E-state index is 13.2. The van der Waals surface area contributed by atoms with Gasteiger partial charge in [0.05, 0.1) is 36.8 Å². The molecule has 2 heterocycles. The fourth-order valence-corrected chi connectivity index (χ4v) is 4.66. The highest BCUT2D eigenvalue weighted by Gasteiger charge is 2.42. The number of rotatable bonds is 6. The Labute approximate surface area is 166 Å². The normalized spacial score (nSPS) is 19.2. The molecule has 2 aliphatic rings. The highest BCUT2D eigenvalue weighted by atomic mass is 35.5. The molecule has 3 rings (SSSR count). The molecule has 1 unspecified atom stereocenters. The molecule has 6 nitrogen and oxygen atoms in total. The number of nitrogens with zero attached hydrogens (tertiary/aromatic N) is 1. The zero-order valence-electron chi connectivity index (χ0n) is 15.2. The molecular formula is C19H20ClNO5S. The van der Waals surface area contributed by atoms with E-state index in [1.165, 1.54) is 18.4 Å². The van der Waals surface area contributed by atoms with Crippen LogP contribution >= 0.6 is 22.9 Å². The second-order valence-corrected chi connectivity index (χ2v) is 7.40.